The van der Waals surface area contributed by atoms with Crippen LogP contribution in [0, 0.1) is 0 Å². The monoisotopic (exact) mass is 169 g/mol. The quantitative estimate of drug-likeness (QED) is 0.651. The van der Waals surface area contributed by atoms with Crippen molar-refractivity contribution in [3.05, 3.63) is 22.4 Å². The smallest absolute Gasteiger partial charge is 0.0753 e. The Kier molecular flexibility index (Phi) is 1.94. The first kappa shape index (κ1) is 7.28. The number of hydrogen-bond donors (Lipinski definition) is 2. The first-order valence-electron chi connectivity index (χ1n) is 3.80. The highest BCUT2D eigenvalue weighted by Crippen LogP contribution is 2.26. The zero-order chi connectivity index (χ0) is 7.68. The maximum atomic E-state index is 9.50. The van der Waals surface area contributed by atoms with Gasteiger partial charge < -0.3 is 10.4 Å². The van der Waals surface area contributed by atoms with Crippen molar-refractivity contribution in [3.63, 3.8) is 0 Å². The van der Waals surface area contributed by atoms with Crippen LogP contribution in [0.4, 0.5) is 0 Å². The van der Waals surface area contributed by atoms with Gasteiger partial charge in [-0.25, -0.2) is 0 Å². The Labute approximate surface area is 69.9 Å². The van der Waals surface area contributed by atoms with Crippen molar-refractivity contribution in [2.75, 3.05) is 13.1 Å². The average Bonchev–Trinajstić information content (AvgIpc) is 2.55. The molecule has 0 saturated carbocycles. The molecule has 60 valence electrons. The summed E-state index contributed by atoms with van der Waals surface area (Å²) in [5.41, 5.74) is 0. The van der Waals surface area contributed by atoms with Crippen LogP contribution in [0.2, 0.25) is 0 Å². The van der Waals surface area contributed by atoms with Gasteiger partial charge in [-0.05, 0) is 11.4 Å². The van der Waals surface area contributed by atoms with Crippen LogP contribution >= 0.6 is 11.3 Å². The predicted octanol–water partition coefficient (Wildman–Crippen LogP) is 0.796. The molecule has 2 heterocycles. The standard InChI is InChI=1S/C8H11NOS/c10-7-5-9-4-6(7)8-2-1-3-11-8/h1-3,6-7,9-10H,4-5H2/t6-,7-/m1/s1. The van der Waals surface area contributed by atoms with Gasteiger partial charge in [0, 0.05) is 23.9 Å². The van der Waals surface area contributed by atoms with Gasteiger partial charge >= 0.3 is 0 Å². The van der Waals surface area contributed by atoms with E-state index in [2.05, 4.69) is 16.8 Å². The Hall–Kier alpha value is -0.380. The largest absolute Gasteiger partial charge is 0.391 e. The SMILES string of the molecule is O[C@@H]1CNC[C@H]1c1cccs1. The molecule has 0 radical (unpaired) electrons. The van der Waals surface area contributed by atoms with Gasteiger partial charge in [0.15, 0.2) is 0 Å². The topological polar surface area (TPSA) is 32.3 Å². The summed E-state index contributed by atoms with van der Waals surface area (Å²) < 4.78 is 0. The van der Waals surface area contributed by atoms with E-state index in [1.807, 2.05) is 6.07 Å². The molecule has 0 aliphatic carbocycles. The van der Waals surface area contributed by atoms with Crippen molar-refractivity contribution in [2.45, 2.75) is 12.0 Å². The van der Waals surface area contributed by atoms with Crippen LogP contribution in [0.1, 0.15) is 10.8 Å². The molecule has 1 aliphatic rings. The third-order valence-corrected chi connectivity index (χ3v) is 3.10. The van der Waals surface area contributed by atoms with E-state index in [0.29, 0.717) is 5.92 Å². The van der Waals surface area contributed by atoms with Gasteiger partial charge in [-0.15, -0.1) is 11.3 Å². The lowest BCUT2D eigenvalue weighted by Crippen LogP contribution is -2.15. The van der Waals surface area contributed by atoms with Crippen molar-refractivity contribution in [1.82, 2.24) is 5.32 Å². The molecule has 0 aromatic carbocycles. The van der Waals surface area contributed by atoms with Crippen molar-refractivity contribution in [1.29, 1.82) is 0 Å². The predicted molar refractivity (Wildman–Crippen MR) is 45.9 cm³/mol. The molecule has 2 N–H and O–H groups in total. The molecule has 2 atom stereocenters. The summed E-state index contributed by atoms with van der Waals surface area (Å²) in [6.45, 7) is 1.66. The molecular formula is C8H11NOS. The van der Waals surface area contributed by atoms with E-state index < -0.39 is 0 Å². The molecule has 11 heavy (non-hydrogen) atoms. The number of β-amino-alcohol motifs (C(OH)–C–C–N with tert-alkyl or cyclic N) is 1. The van der Waals surface area contributed by atoms with E-state index in [9.17, 15) is 5.11 Å². The number of hydrogen-bond acceptors (Lipinski definition) is 3. The van der Waals surface area contributed by atoms with Crippen LogP contribution in [-0.4, -0.2) is 24.3 Å². The van der Waals surface area contributed by atoms with Crippen molar-refractivity contribution >= 4 is 11.3 Å². The number of aliphatic hydroxyl groups is 1. The lowest BCUT2D eigenvalue weighted by atomic mass is 10.1. The van der Waals surface area contributed by atoms with E-state index in [0.717, 1.165) is 13.1 Å². The highest BCUT2D eigenvalue weighted by molar-refractivity contribution is 7.10. The third kappa shape index (κ3) is 1.31. The minimum Gasteiger partial charge on any atom is -0.391 e. The Morgan fingerprint density at radius 2 is 2.45 bits per heavy atom. The number of aliphatic hydroxyl groups excluding tert-OH is 1. The molecule has 1 aromatic heterocycles. The van der Waals surface area contributed by atoms with Gasteiger partial charge in [0.2, 0.25) is 0 Å². The zero-order valence-electron chi connectivity index (χ0n) is 6.16. The number of thiophene rings is 1. The fraction of sp³-hybridized carbons (Fsp3) is 0.500. The lowest BCUT2D eigenvalue weighted by molar-refractivity contribution is 0.179. The minimum atomic E-state index is -0.186. The van der Waals surface area contributed by atoms with Gasteiger partial charge in [0.1, 0.15) is 0 Å². The molecule has 3 heteroatoms. The summed E-state index contributed by atoms with van der Waals surface area (Å²) in [4.78, 5) is 1.29. The van der Waals surface area contributed by atoms with Gasteiger partial charge in [0.05, 0.1) is 6.10 Å². The Balaban J connectivity index is 2.16. The van der Waals surface area contributed by atoms with Gasteiger partial charge in [0.25, 0.3) is 0 Å². The lowest BCUT2D eigenvalue weighted by Gasteiger charge is -2.09. The molecule has 2 nitrogen and oxygen atoms in total. The molecule has 1 fully saturated rings. The normalized spacial score (nSPS) is 31.0. The molecule has 0 spiro atoms. The van der Waals surface area contributed by atoms with E-state index in [-0.39, 0.29) is 6.10 Å². The van der Waals surface area contributed by atoms with Crippen molar-refractivity contribution in [2.24, 2.45) is 0 Å². The van der Waals surface area contributed by atoms with Crippen LogP contribution in [0.15, 0.2) is 17.5 Å². The second kappa shape index (κ2) is 2.93. The van der Waals surface area contributed by atoms with Crippen LogP contribution in [0.25, 0.3) is 0 Å². The molecule has 0 bridgehead atoms. The Morgan fingerprint density at radius 1 is 1.55 bits per heavy atom. The molecule has 1 saturated heterocycles. The summed E-state index contributed by atoms with van der Waals surface area (Å²) in [6, 6.07) is 4.12. The van der Waals surface area contributed by atoms with Crippen molar-refractivity contribution < 1.29 is 5.11 Å². The van der Waals surface area contributed by atoms with Crippen molar-refractivity contribution in [3.8, 4) is 0 Å². The highest BCUT2D eigenvalue weighted by atomic mass is 32.1. The van der Waals surface area contributed by atoms with Crippen LogP contribution in [-0.2, 0) is 0 Å². The molecular weight excluding hydrogens is 158 g/mol. The fourth-order valence-electron chi connectivity index (χ4n) is 1.46. The number of rotatable bonds is 1. The fourth-order valence-corrected chi connectivity index (χ4v) is 2.34. The van der Waals surface area contributed by atoms with Gasteiger partial charge in [-0.1, -0.05) is 6.07 Å². The maximum absolute atomic E-state index is 9.50. The molecule has 0 amide bonds. The first-order valence-corrected chi connectivity index (χ1v) is 4.68. The third-order valence-electron chi connectivity index (χ3n) is 2.09. The summed E-state index contributed by atoms with van der Waals surface area (Å²) in [7, 11) is 0. The van der Waals surface area contributed by atoms with E-state index in [1.165, 1.54) is 4.88 Å². The minimum absolute atomic E-state index is 0.186. The molecule has 1 aliphatic heterocycles. The number of nitrogens with one attached hydrogen (secondary N) is 1. The first-order chi connectivity index (χ1) is 5.38. The Morgan fingerprint density at radius 3 is 3.00 bits per heavy atom. The van der Waals surface area contributed by atoms with Crippen LogP contribution in [0.3, 0.4) is 0 Å². The second-order valence-electron chi connectivity index (χ2n) is 2.85. The maximum Gasteiger partial charge on any atom is 0.0753 e. The molecule has 2 rings (SSSR count). The zero-order valence-corrected chi connectivity index (χ0v) is 6.97. The summed E-state index contributed by atoms with van der Waals surface area (Å²) >= 11 is 1.72. The van der Waals surface area contributed by atoms with Crippen LogP contribution in [0.5, 0.6) is 0 Å². The highest BCUT2D eigenvalue weighted by Gasteiger charge is 2.26. The molecule has 0 unspecified atom stereocenters. The van der Waals surface area contributed by atoms with E-state index >= 15 is 0 Å². The van der Waals surface area contributed by atoms with E-state index in [1.54, 1.807) is 11.3 Å². The summed E-state index contributed by atoms with van der Waals surface area (Å²) in [6.07, 6.45) is -0.186. The van der Waals surface area contributed by atoms with Gasteiger partial charge in [-0.2, -0.15) is 0 Å². The second-order valence-corrected chi connectivity index (χ2v) is 3.83. The summed E-state index contributed by atoms with van der Waals surface area (Å²) in [5, 5.41) is 14.7. The van der Waals surface area contributed by atoms with E-state index in [4.69, 9.17) is 0 Å². The van der Waals surface area contributed by atoms with Crippen LogP contribution < -0.4 is 5.32 Å². The van der Waals surface area contributed by atoms with Gasteiger partial charge in [-0.3, -0.25) is 0 Å². The molecule has 1 aromatic rings. The summed E-state index contributed by atoms with van der Waals surface area (Å²) in [5.74, 6) is 0.329. The average molecular weight is 169 g/mol. The Bertz CT molecular complexity index is 222.